The van der Waals surface area contributed by atoms with E-state index in [1.54, 1.807) is 31.2 Å². The summed E-state index contributed by atoms with van der Waals surface area (Å²) in [4.78, 5) is 22.6. The third-order valence-corrected chi connectivity index (χ3v) is 2.81. The van der Waals surface area contributed by atoms with Gasteiger partial charge in [-0.15, -0.1) is 0 Å². The molecule has 0 radical (unpaired) electrons. The maximum Gasteiger partial charge on any atom is 0.308 e. The van der Waals surface area contributed by atoms with Gasteiger partial charge in [-0.3, -0.25) is 9.59 Å². The highest BCUT2D eigenvalue weighted by atomic mass is 16.4. The van der Waals surface area contributed by atoms with E-state index in [-0.39, 0.29) is 12.5 Å². The Morgan fingerprint density at radius 1 is 1.33 bits per heavy atom. The molecule has 5 heteroatoms. The van der Waals surface area contributed by atoms with Crippen LogP contribution in [0.3, 0.4) is 0 Å². The van der Waals surface area contributed by atoms with Crippen LogP contribution in [0.4, 0.5) is 0 Å². The van der Waals surface area contributed by atoms with Crippen LogP contribution in [0.5, 0.6) is 0 Å². The van der Waals surface area contributed by atoms with Gasteiger partial charge in [-0.1, -0.05) is 37.3 Å². The number of carbonyl (C=O) groups is 2. The molecule has 98 valence electrons. The Kier molecular flexibility index (Phi) is 5.32. The second kappa shape index (κ2) is 6.76. The molecule has 1 aromatic rings. The minimum absolute atomic E-state index is 0.102. The van der Waals surface area contributed by atoms with Crippen molar-refractivity contribution < 1.29 is 14.7 Å². The lowest BCUT2D eigenvalue weighted by molar-refractivity contribution is -0.141. The van der Waals surface area contributed by atoms with Gasteiger partial charge in [0.05, 0.1) is 5.92 Å². The number of rotatable bonds is 6. The molecular formula is C13H18N2O3. The van der Waals surface area contributed by atoms with Crippen molar-refractivity contribution in [2.45, 2.75) is 19.4 Å². The van der Waals surface area contributed by atoms with Crippen LogP contribution in [0.15, 0.2) is 30.3 Å². The topological polar surface area (TPSA) is 92.4 Å². The fraction of sp³-hybridized carbons (Fsp3) is 0.385. The lowest BCUT2D eigenvalue weighted by Gasteiger charge is -2.15. The molecule has 0 saturated heterocycles. The van der Waals surface area contributed by atoms with Crippen LogP contribution in [-0.2, 0) is 9.59 Å². The van der Waals surface area contributed by atoms with Crippen LogP contribution in [-0.4, -0.2) is 23.5 Å². The highest BCUT2D eigenvalue weighted by Gasteiger charge is 2.19. The average molecular weight is 250 g/mol. The van der Waals surface area contributed by atoms with Crippen LogP contribution in [0.1, 0.15) is 24.9 Å². The smallest absolute Gasteiger partial charge is 0.308 e. The number of nitrogens with one attached hydrogen (secondary N) is 1. The molecule has 0 saturated carbocycles. The molecule has 0 bridgehead atoms. The normalized spacial score (nSPS) is 13.7. The Morgan fingerprint density at radius 2 is 1.94 bits per heavy atom. The van der Waals surface area contributed by atoms with Crippen LogP contribution in [0.25, 0.3) is 0 Å². The molecule has 0 aliphatic rings. The molecule has 4 N–H and O–H groups in total. The van der Waals surface area contributed by atoms with E-state index in [2.05, 4.69) is 5.32 Å². The van der Waals surface area contributed by atoms with Crippen LogP contribution < -0.4 is 11.1 Å². The summed E-state index contributed by atoms with van der Waals surface area (Å²) in [6.45, 7) is 1.87. The number of aliphatic carboxylic acids is 1. The fourth-order valence-corrected chi connectivity index (χ4v) is 1.55. The van der Waals surface area contributed by atoms with Gasteiger partial charge in [-0.2, -0.15) is 0 Å². The molecule has 5 nitrogen and oxygen atoms in total. The van der Waals surface area contributed by atoms with Gasteiger partial charge in [0.1, 0.15) is 6.04 Å². The van der Waals surface area contributed by atoms with Crippen molar-refractivity contribution in [1.29, 1.82) is 0 Å². The lowest BCUT2D eigenvalue weighted by atomic mass is 10.1. The van der Waals surface area contributed by atoms with Crippen molar-refractivity contribution in [2.75, 3.05) is 6.54 Å². The molecule has 0 heterocycles. The highest BCUT2D eigenvalue weighted by molar-refractivity contribution is 5.83. The Labute approximate surface area is 106 Å². The van der Waals surface area contributed by atoms with Crippen LogP contribution in [0.2, 0.25) is 0 Å². The molecule has 0 spiro atoms. The van der Waals surface area contributed by atoms with E-state index in [9.17, 15) is 9.59 Å². The highest BCUT2D eigenvalue weighted by Crippen LogP contribution is 2.09. The number of amides is 1. The predicted molar refractivity (Wildman–Crippen MR) is 67.8 cm³/mol. The standard InChI is InChI=1S/C13H18N2O3/c1-2-9(13(17)18)8-15-12(16)11(14)10-6-4-3-5-7-10/h3-7,9,11H,2,8,14H2,1H3,(H,15,16)(H,17,18)/t9?,11-/m1/s1. The van der Waals surface area contributed by atoms with Crippen molar-refractivity contribution in [2.24, 2.45) is 11.7 Å². The summed E-state index contributed by atoms with van der Waals surface area (Å²) < 4.78 is 0. The summed E-state index contributed by atoms with van der Waals surface area (Å²) in [6.07, 6.45) is 0.468. The molecule has 1 unspecified atom stereocenters. The molecule has 0 aliphatic carbocycles. The van der Waals surface area contributed by atoms with E-state index < -0.39 is 17.9 Å². The zero-order chi connectivity index (χ0) is 13.5. The maximum atomic E-state index is 11.8. The minimum atomic E-state index is -0.911. The first kappa shape index (κ1) is 14.2. The van der Waals surface area contributed by atoms with E-state index in [0.29, 0.717) is 12.0 Å². The summed E-state index contributed by atoms with van der Waals surface area (Å²) in [6, 6.07) is 8.20. The van der Waals surface area contributed by atoms with Gasteiger partial charge in [-0.25, -0.2) is 0 Å². The maximum absolute atomic E-state index is 11.8. The molecular weight excluding hydrogens is 232 g/mol. The molecule has 0 aliphatic heterocycles. The van der Waals surface area contributed by atoms with E-state index >= 15 is 0 Å². The van der Waals surface area contributed by atoms with Crippen molar-refractivity contribution in [3.05, 3.63) is 35.9 Å². The summed E-state index contributed by atoms with van der Waals surface area (Å²) in [5.74, 6) is -1.84. The first-order valence-electron chi connectivity index (χ1n) is 5.87. The number of hydrogen-bond acceptors (Lipinski definition) is 3. The Morgan fingerprint density at radius 3 is 2.44 bits per heavy atom. The zero-order valence-corrected chi connectivity index (χ0v) is 10.3. The number of nitrogens with two attached hydrogens (primary N) is 1. The molecule has 18 heavy (non-hydrogen) atoms. The fourth-order valence-electron chi connectivity index (χ4n) is 1.55. The zero-order valence-electron chi connectivity index (χ0n) is 10.3. The van der Waals surface area contributed by atoms with Crippen molar-refractivity contribution >= 4 is 11.9 Å². The summed E-state index contributed by atoms with van der Waals surface area (Å²) in [7, 11) is 0. The lowest BCUT2D eigenvalue weighted by Crippen LogP contribution is -2.38. The van der Waals surface area contributed by atoms with Crippen molar-refractivity contribution in [1.82, 2.24) is 5.32 Å². The Hall–Kier alpha value is -1.88. The molecule has 1 rings (SSSR count). The third-order valence-electron chi connectivity index (χ3n) is 2.81. The molecule has 2 atom stereocenters. The van der Waals surface area contributed by atoms with Gasteiger partial charge in [0.25, 0.3) is 0 Å². The number of benzene rings is 1. The minimum Gasteiger partial charge on any atom is -0.481 e. The SMILES string of the molecule is CCC(CNC(=O)[C@H](N)c1ccccc1)C(=O)O. The summed E-state index contributed by atoms with van der Waals surface area (Å²) >= 11 is 0. The number of hydrogen-bond donors (Lipinski definition) is 3. The van der Waals surface area contributed by atoms with Crippen molar-refractivity contribution in [3.63, 3.8) is 0 Å². The van der Waals surface area contributed by atoms with Gasteiger partial charge in [0, 0.05) is 6.54 Å². The molecule has 0 aromatic heterocycles. The third kappa shape index (κ3) is 3.85. The Bertz CT molecular complexity index is 406. The van der Waals surface area contributed by atoms with E-state index in [4.69, 9.17) is 10.8 Å². The Balaban J connectivity index is 2.53. The predicted octanol–water partition coefficient (Wildman–Crippen LogP) is 0.913. The quantitative estimate of drug-likeness (QED) is 0.699. The van der Waals surface area contributed by atoms with E-state index in [1.807, 2.05) is 6.07 Å². The van der Waals surface area contributed by atoms with Crippen LogP contribution in [0, 0.1) is 5.92 Å². The molecule has 1 aromatic carbocycles. The number of carbonyl (C=O) groups excluding carboxylic acids is 1. The summed E-state index contributed by atoms with van der Waals surface area (Å²) in [5.41, 5.74) is 6.49. The second-order valence-electron chi connectivity index (χ2n) is 4.08. The van der Waals surface area contributed by atoms with Gasteiger partial charge in [-0.05, 0) is 12.0 Å². The van der Waals surface area contributed by atoms with Gasteiger partial charge < -0.3 is 16.2 Å². The largest absolute Gasteiger partial charge is 0.481 e. The van der Waals surface area contributed by atoms with Crippen LogP contribution >= 0.6 is 0 Å². The first-order valence-corrected chi connectivity index (χ1v) is 5.87. The van der Waals surface area contributed by atoms with Gasteiger partial charge in [0.15, 0.2) is 0 Å². The monoisotopic (exact) mass is 250 g/mol. The van der Waals surface area contributed by atoms with Gasteiger partial charge in [0.2, 0.25) is 5.91 Å². The second-order valence-corrected chi connectivity index (χ2v) is 4.08. The van der Waals surface area contributed by atoms with Crippen molar-refractivity contribution in [3.8, 4) is 0 Å². The molecule has 0 fully saturated rings. The molecule has 1 amide bonds. The van der Waals surface area contributed by atoms with E-state index in [1.165, 1.54) is 0 Å². The van der Waals surface area contributed by atoms with E-state index in [0.717, 1.165) is 0 Å². The number of carboxylic acid groups (broad SMARTS) is 1. The first-order chi connectivity index (χ1) is 8.56. The average Bonchev–Trinajstić information content (AvgIpc) is 2.39. The number of carboxylic acids is 1. The summed E-state index contributed by atoms with van der Waals surface area (Å²) in [5, 5.41) is 11.4. The van der Waals surface area contributed by atoms with Gasteiger partial charge >= 0.3 is 5.97 Å².